The van der Waals surface area contributed by atoms with Crippen molar-refractivity contribution in [3.63, 3.8) is 0 Å². The second-order valence-electron chi connectivity index (χ2n) is 3.06. The smallest absolute Gasteiger partial charge is 0.195 e. The molecule has 82 valence electrons. The highest BCUT2D eigenvalue weighted by Crippen LogP contribution is 2.25. The van der Waals surface area contributed by atoms with Crippen LogP contribution in [0.2, 0.25) is 0 Å². The molecular weight excluding hydrogens is 298 g/mol. The number of rotatable bonds is 2. The Kier molecular flexibility index (Phi) is 3.16. The van der Waals surface area contributed by atoms with Crippen molar-refractivity contribution in [3.05, 3.63) is 56.2 Å². The van der Waals surface area contributed by atoms with E-state index in [4.69, 9.17) is 0 Å². The monoisotopic (exact) mass is 302 g/mol. The maximum Gasteiger partial charge on any atom is 0.195 e. The molecule has 0 aliphatic rings. The second-order valence-corrected chi connectivity index (χ2v) is 4.64. The average Bonchev–Trinajstić information content (AvgIpc) is 2.79. The van der Waals surface area contributed by atoms with Crippen molar-refractivity contribution >= 4 is 33.0 Å². The van der Waals surface area contributed by atoms with Gasteiger partial charge in [0.1, 0.15) is 0 Å². The van der Waals surface area contributed by atoms with Gasteiger partial charge in [0.05, 0.1) is 4.47 Å². The van der Waals surface area contributed by atoms with E-state index in [1.165, 1.54) is 17.4 Å². The van der Waals surface area contributed by atoms with E-state index in [1.54, 1.807) is 16.8 Å². The Hall–Kier alpha value is -1.07. The zero-order chi connectivity index (χ0) is 11.7. The van der Waals surface area contributed by atoms with E-state index in [0.717, 1.165) is 6.07 Å². The Bertz CT molecular complexity index is 537. The van der Waals surface area contributed by atoms with Crippen LogP contribution in [-0.2, 0) is 0 Å². The first-order valence-corrected chi connectivity index (χ1v) is 6.05. The maximum absolute atomic E-state index is 13.2. The fourth-order valence-corrected chi connectivity index (χ4v) is 2.39. The van der Waals surface area contributed by atoms with Crippen molar-refractivity contribution in [2.45, 2.75) is 0 Å². The first kappa shape index (κ1) is 11.4. The largest absolute Gasteiger partial charge is 0.289 e. The molecule has 0 saturated heterocycles. The zero-order valence-corrected chi connectivity index (χ0v) is 10.2. The molecule has 0 atom stereocenters. The average molecular weight is 303 g/mol. The highest BCUT2D eigenvalue weighted by atomic mass is 79.9. The van der Waals surface area contributed by atoms with Crippen molar-refractivity contribution in [3.8, 4) is 0 Å². The second kappa shape index (κ2) is 4.43. The molecule has 5 heteroatoms. The fourth-order valence-electron chi connectivity index (χ4n) is 1.25. The molecule has 16 heavy (non-hydrogen) atoms. The summed E-state index contributed by atoms with van der Waals surface area (Å²) in [5.41, 5.74) is 0.592. The Balaban J connectivity index is 2.50. The first-order valence-electron chi connectivity index (χ1n) is 4.31. The van der Waals surface area contributed by atoms with E-state index in [9.17, 15) is 13.6 Å². The molecule has 0 N–H and O–H groups in total. The summed E-state index contributed by atoms with van der Waals surface area (Å²) in [6.07, 6.45) is 0. The number of thiophene rings is 1. The summed E-state index contributed by atoms with van der Waals surface area (Å²) in [6, 6.07) is 3.85. The van der Waals surface area contributed by atoms with E-state index in [2.05, 4.69) is 15.9 Å². The molecule has 0 spiro atoms. The Morgan fingerprint density at radius 1 is 1.25 bits per heavy atom. The van der Waals surface area contributed by atoms with E-state index in [1.807, 2.05) is 0 Å². The van der Waals surface area contributed by atoms with Crippen LogP contribution in [0.4, 0.5) is 8.78 Å². The quantitative estimate of drug-likeness (QED) is 0.605. The summed E-state index contributed by atoms with van der Waals surface area (Å²) < 4.78 is 25.9. The Morgan fingerprint density at radius 2 is 2.00 bits per heavy atom. The maximum atomic E-state index is 13.2. The topological polar surface area (TPSA) is 17.1 Å². The summed E-state index contributed by atoms with van der Waals surface area (Å²) in [7, 11) is 0. The van der Waals surface area contributed by atoms with Crippen LogP contribution >= 0.6 is 27.3 Å². The lowest BCUT2D eigenvalue weighted by Crippen LogP contribution is -2.03. The molecule has 1 heterocycles. The molecule has 0 bridgehead atoms. The van der Waals surface area contributed by atoms with E-state index in [-0.39, 0.29) is 15.8 Å². The first-order chi connectivity index (χ1) is 7.61. The van der Waals surface area contributed by atoms with Gasteiger partial charge < -0.3 is 0 Å². The fraction of sp³-hybridized carbons (Fsp3) is 0. The van der Waals surface area contributed by atoms with Gasteiger partial charge in [-0.15, -0.1) is 0 Å². The van der Waals surface area contributed by atoms with Gasteiger partial charge in [-0.2, -0.15) is 11.3 Å². The number of carbonyl (C=O) groups is 1. The third-order valence-electron chi connectivity index (χ3n) is 2.06. The molecule has 0 aliphatic heterocycles. The van der Waals surface area contributed by atoms with Crippen molar-refractivity contribution in [2.75, 3.05) is 0 Å². The minimum absolute atomic E-state index is 0.123. The van der Waals surface area contributed by atoms with Crippen LogP contribution in [0, 0.1) is 11.6 Å². The summed E-state index contributed by atoms with van der Waals surface area (Å²) in [6.45, 7) is 0. The van der Waals surface area contributed by atoms with Crippen LogP contribution in [0.15, 0.2) is 33.4 Å². The lowest BCUT2D eigenvalue weighted by molar-refractivity contribution is 0.103. The number of ketones is 1. The normalized spacial score (nSPS) is 10.4. The zero-order valence-electron chi connectivity index (χ0n) is 7.84. The van der Waals surface area contributed by atoms with Gasteiger partial charge >= 0.3 is 0 Å². The minimum Gasteiger partial charge on any atom is -0.289 e. The Labute approximate surface area is 103 Å². The van der Waals surface area contributed by atoms with Gasteiger partial charge in [-0.25, -0.2) is 8.78 Å². The molecule has 0 fully saturated rings. The predicted octanol–water partition coefficient (Wildman–Crippen LogP) is 4.02. The van der Waals surface area contributed by atoms with Crippen molar-refractivity contribution < 1.29 is 13.6 Å². The molecule has 0 radical (unpaired) electrons. The van der Waals surface area contributed by atoms with Gasteiger partial charge in [0.25, 0.3) is 0 Å². The molecular formula is C11H5BrF2OS. The molecule has 0 aliphatic carbocycles. The minimum atomic E-state index is -1.04. The third kappa shape index (κ3) is 1.92. The van der Waals surface area contributed by atoms with Gasteiger partial charge in [-0.3, -0.25) is 4.79 Å². The van der Waals surface area contributed by atoms with Crippen LogP contribution < -0.4 is 0 Å². The van der Waals surface area contributed by atoms with E-state index < -0.39 is 11.6 Å². The van der Waals surface area contributed by atoms with Crippen molar-refractivity contribution in [1.82, 2.24) is 0 Å². The molecule has 1 nitrogen and oxygen atoms in total. The number of halogens is 3. The van der Waals surface area contributed by atoms with Crippen molar-refractivity contribution in [2.24, 2.45) is 0 Å². The van der Waals surface area contributed by atoms with Crippen LogP contribution in [0.25, 0.3) is 0 Å². The predicted molar refractivity (Wildman–Crippen MR) is 61.8 cm³/mol. The van der Waals surface area contributed by atoms with Crippen LogP contribution in [0.3, 0.4) is 0 Å². The summed E-state index contributed by atoms with van der Waals surface area (Å²) in [4.78, 5) is 11.9. The van der Waals surface area contributed by atoms with E-state index in [0.29, 0.717) is 5.56 Å². The SMILES string of the molecule is O=C(c1ccsc1)c1ccc(F)c(F)c1Br. The van der Waals surface area contributed by atoms with Gasteiger partial charge in [-0.05, 0) is 39.5 Å². The lowest BCUT2D eigenvalue weighted by atomic mass is 10.1. The van der Waals surface area contributed by atoms with Crippen molar-refractivity contribution in [1.29, 1.82) is 0 Å². The third-order valence-corrected chi connectivity index (χ3v) is 3.52. The van der Waals surface area contributed by atoms with Crippen LogP contribution in [0.1, 0.15) is 15.9 Å². The standard InChI is InChI=1S/C11H5BrF2OS/c12-9-7(1-2-8(13)10(9)14)11(15)6-3-4-16-5-6/h1-5H. The number of hydrogen-bond donors (Lipinski definition) is 0. The number of benzene rings is 1. The number of hydrogen-bond acceptors (Lipinski definition) is 2. The highest BCUT2D eigenvalue weighted by Gasteiger charge is 2.18. The van der Waals surface area contributed by atoms with Gasteiger partial charge in [0.2, 0.25) is 0 Å². The molecule has 0 unspecified atom stereocenters. The highest BCUT2D eigenvalue weighted by molar-refractivity contribution is 9.10. The summed E-state index contributed by atoms with van der Waals surface area (Å²) in [5.74, 6) is -2.35. The molecule has 2 aromatic rings. The molecule has 2 rings (SSSR count). The molecule has 0 saturated carbocycles. The van der Waals surface area contributed by atoms with Crippen LogP contribution in [-0.4, -0.2) is 5.78 Å². The number of carbonyl (C=O) groups excluding carboxylic acids is 1. The molecule has 0 amide bonds. The Morgan fingerprint density at radius 3 is 2.62 bits per heavy atom. The molecule has 1 aromatic heterocycles. The van der Waals surface area contributed by atoms with E-state index >= 15 is 0 Å². The summed E-state index contributed by atoms with van der Waals surface area (Å²) >= 11 is 4.26. The van der Waals surface area contributed by atoms with Gasteiger partial charge in [-0.1, -0.05) is 0 Å². The molecule has 1 aromatic carbocycles. The van der Waals surface area contributed by atoms with Gasteiger partial charge in [0, 0.05) is 16.5 Å². The van der Waals surface area contributed by atoms with Gasteiger partial charge in [0.15, 0.2) is 17.4 Å². The summed E-state index contributed by atoms with van der Waals surface area (Å²) in [5, 5.41) is 3.41. The van der Waals surface area contributed by atoms with Crippen LogP contribution in [0.5, 0.6) is 0 Å². The lowest BCUT2D eigenvalue weighted by Gasteiger charge is -2.03.